The summed E-state index contributed by atoms with van der Waals surface area (Å²) >= 11 is 7.19. The van der Waals surface area contributed by atoms with E-state index in [1.807, 2.05) is 55.5 Å². The van der Waals surface area contributed by atoms with Gasteiger partial charge in [-0.25, -0.2) is 4.74 Å². The van der Waals surface area contributed by atoms with Gasteiger partial charge in [0.15, 0.2) is 5.50 Å². The number of benzene rings is 3. The van der Waals surface area contributed by atoms with E-state index < -0.39 is 7.28 Å². The Balaban J connectivity index is 2.05. The van der Waals surface area contributed by atoms with Crippen LogP contribution >= 0.6 is 39.1 Å². The van der Waals surface area contributed by atoms with Gasteiger partial charge in [-0.3, -0.25) is 0 Å². The second kappa shape index (κ2) is 8.61. The van der Waals surface area contributed by atoms with Crippen molar-refractivity contribution >= 4 is 61.1 Å². The number of rotatable bonds is 4. The van der Waals surface area contributed by atoms with Crippen molar-refractivity contribution in [3.8, 4) is 5.75 Å². The van der Waals surface area contributed by atoms with Crippen LogP contribution in [0.4, 0.5) is 5.69 Å². The summed E-state index contributed by atoms with van der Waals surface area (Å²) in [6.07, 6.45) is 0. The van der Waals surface area contributed by atoms with Crippen LogP contribution in [0.25, 0.3) is 10.8 Å². The molecule has 4 aromatic rings. The molecule has 6 heteroatoms. The molecule has 31 heavy (non-hydrogen) atoms. The molecule has 0 bridgehead atoms. The fraction of sp³-hybridized carbons (Fsp3) is 0.200. The smallest absolute Gasteiger partial charge is 0.207 e. The Morgan fingerprint density at radius 3 is 2.32 bits per heavy atom. The summed E-state index contributed by atoms with van der Waals surface area (Å²) in [5.41, 5.74) is 1.68. The highest BCUT2D eigenvalue weighted by molar-refractivity contribution is 9.11. The van der Waals surface area contributed by atoms with E-state index in [2.05, 4.69) is 76.9 Å². The third kappa shape index (κ3) is 4.41. The van der Waals surface area contributed by atoms with Crippen molar-refractivity contribution in [3.05, 3.63) is 87.5 Å². The van der Waals surface area contributed by atoms with Gasteiger partial charge in [0.1, 0.15) is 11.5 Å². The van der Waals surface area contributed by atoms with Crippen molar-refractivity contribution in [3.63, 3.8) is 0 Å². The highest BCUT2D eigenvalue weighted by Crippen LogP contribution is 2.63. The minimum Gasteiger partial charge on any atom is -0.457 e. The molecule has 0 saturated carbocycles. The van der Waals surface area contributed by atoms with Gasteiger partial charge in [0.05, 0.1) is 10.2 Å². The van der Waals surface area contributed by atoms with Crippen LogP contribution in [0, 0.1) is 6.92 Å². The Morgan fingerprint density at radius 2 is 1.65 bits per heavy atom. The lowest BCUT2D eigenvalue weighted by Gasteiger charge is -2.35. The number of furan rings is 1. The molecule has 1 atom stereocenters. The van der Waals surface area contributed by atoms with Crippen molar-refractivity contribution in [1.29, 1.82) is 0 Å². The Labute approximate surface area is 200 Å². The normalized spacial score (nSPS) is 13.7. The maximum absolute atomic E-state index is 6.89. The molecule has 0 unspecified atom stereocenters. The molecular weight excluding hydrogens is 537 g/mol. The molecule has 0 N–H and O–H groups in total. The fourth-order valence-corrected chi connectivity index (χ4v) is 7.64. The zero-order valence-electron chi connectivity index (χ0n) is 17.9. The molecule has 0 fully saturated rings. The van der Waals surface area contributed by atoms with Crippen LogP contribution in [0.15, 0.2) is 90.9 Å². The predicted octanol–water partition coefficient (Wildman–Crippen LogP) is 9.22. The fourth-order valence-electron chi connectivity index (χ4n) is 3.46. The van der Waals surface area contributed by atoms with Gasteiger partial charge in [0.25, 0.3) is 0 Å². The van der Waals surface area contributed by atoms with E-state index in [0.717, 1.165) is 42.4 Å². The maximum Gasteiger partial charge on any atom is 0.207 e. The Bertz CT molecular complexity index is 1300. The van der Waals surface area contributed by atoms with Gasteiger partial charge < -0.3 is 8.94 Å². The van der Waals surface area contributed by atoms with Crippen molar-refractivity contribution in [2.24, 2.45) is 4.74 Å². The van der Waals surface area contributed by atoms with Crippen LogP contribution in [-0.4, -0.2) is 5.16 Å². The van der Waals surface area contributed by atoms with Crippen molar-refractivity contribution < 1.29 is 8.94 Å². The van der Waals surface area contributed by atoms with Crippen LogP contribution < -0.4 is 10.0 Å². The van der Waals surface area contributed by atoms with Crippen LogP contribution in [0.3, 0.4) is 0 Å². The number of hydrogen-bond acceptors (Lipinski definition) is 3. The first-order chi connectivity index (χ1) is 14.7. The molecule has 0 saturated heterocycles. The largest absolute Gasteiger partial charge is 0.457 e. The molecule has 1 heterocycles. The summed E-state index contributed by atoms with van der Waals surface area (Å²) in [6, 6.07) is 24.4. The number of aryl methyl sites for hydroxylation is 1. The second-order valence-electron chi connectivity index (χ2n) is 8.40. The van der Waals surface area contributed by atoms with E-state index in [4.69, 9.17) is 13.7 Å². The first kappa shape index (κ1) is 22.4. The number of hydrogen-bond donors (Lipinski definition) is 0. The van der Waals surface area contributed by atoms with Crippen LogP contribution in [0.1, 0.15) is 26.5 Å². The van der Waals surface area contributed by atoms with Gasteiger partial charge in [-0.05, 0) is 64.6 Å². The molecule has 0 amide bonds. The van der Waals surface area contributed by atoms with E-state index in [-0.39, 0.29) is 5.16 Å². The molecule has 0 aliphatic carbocycles. The minimum absolute atomic E-state index is 0.319. The van der Waals surface area contributed by atoms with Crippen molar-refractivity contribution in [2.45, 2.75) is 32.9 Å². The molecule has 3 nitrogen and oxygen atoms in total. The average molecular weight is 561 g/mol. The number of halogens is 2. The molecule has 0 spiro atoms. The molecule has 3 aromatic carbocycles. The molecule has 0 aliphatic heterocycles. The Hall–Kier alpha value is -1.81. The standard InChI is InChI=1S/C25H24Br2NO2P/c1-17-12-15-24(29-17)31(25(2,3)4,30-23-14-13-19(26)16-21(23)27)28-22-11-7-9-18-8-5-6-10-20(18)22/h5-16H,1-4H3/t31-/m1/s1. The van der Waals surface area contributed by atoms with E-state index in [1.54, 1.807) is 0 Å². The topological polar surface area (TPSA) is 34.7 Å². The van der Waals surface area contributed by atoms with Gasteiger partial charge in [-0.1, -0.05) is 73.1 Å². The van der Waals surface area contributed by atoms with Gasteiger partial charge in [0, 0.05) is 15.0 Å². The molecule has 1 aromatic heterocycles. The van der Waals surface area contributed by atoms with Gasteiger partial charge in [0.2, 0.25) is 7.28 Å². The Kier molecular flexibility index (Phi) is 6.22. The first-order valence-corrected chi connectivity index (χ1v) is 13.3. The zero-order chi connectivity index (χ0) is 22.2. The third-order valence-corrected chi connectivity index (χ3v) is 9.80. The zero-order valence-corrected chi connectivity index (χ0v) is 22.0. The van der Waals surface area contributed by atoms with Crippen molar-refractivity contribution in [1.82, 2.24) is 0 Å². The van der Waals surface area contributed by atoms with Crippen molar-refractivity contribution in [2.75, 3.05) is 0 Å². The summed E-state index contributed by atoms with van der Waals surface area (Å²) in [5, 5.41) is 1.93. The monoisotopic (exact) mass is 559 g/mol. The predicted molar refractivity (Wildman–Crippen MR) is 138 cm³/mol. The molecular formula is C25H24Br2NO2P. The summed E-state index contributed by atoms with van der Waals surface area (Å²) < 4.78 is 20.3. The SMILES string of the molecule is Cc1ccc([P@@](=Nc2cccc3ccccc23)(Oc2ccc(Br)cc2Br)C(C)(C)C)o1. The Morgan fingerprint density at radius 1 is 0.903 bits per heavy atom. The van der Waals surface area contributed by atoms with Gasteiger partial charge in [-0.15, -0.1) is 0 Å². The lowest BCUT2D eigenvalue weighted by atomic mass is 10.1. The first-order valence-electron chi connectivity index (χ1n) is 10.0. The minimum atomic E-state index is -2.69. The van der Waals surface area contributed by atoms with Crippen LogP contribution in [0.5, 0.6) is 5.75 Å². The van der Waals surface area contributed by atoms with E-state index in [1.165, 1.54) is 0 Å². The lowest BCUT2D eigenvalue weighted by molar-refractivity contribution is 0.525. The summed E-state index contributed by atoms with van der Waals surface area (Å²) in [7, 11) is -2.69. The van der Waals surface area contributed by atoms with Gasteiger partial charge >= 0.3 is 0 Å². The van der Waals surface area contributed by atoms with E-state index in [9.17, 15) is 0 Å². The highest BCUT2D eigenvalue weighted by Gasteiger charge is 2.42. The van der Waals surface area contributed by atoms with Crippen LogP contribution in [-0.2, 0) is 0 Å². The van der Waals surface area contributed by atoms with Gasteiger partial charge in [-0.2, -0.15) is 0 Å². The summed E-state index contributed by atoms with van der Waals surface area (Å²) in [4.78, 5) is 0. The molecule has 0 aliphatic rings. The molecule has 160 valence electrons. The second-order valence-corrected chi connectivity index (χ2v) is 13.5. The third-order valence-electron chi connectivity index (χ3n) is 5.07. The molecule has 0 radical (unpaired) electrons. The number of nitrogens with zero attached hydrogens (tertiary/aromatic N) is 1. The highest BCUT2D eigenvalue weighted by atomic mass is 79.9. The summed E-state index contributed by atoms with van der Waals surface area (Å²) in [5.74, 6) is 1.58. The van der Waals surface area contributed by atoms with Crippen LogP contribution in [0.2, 0.25) is 0 Å². The quantitative estimate of drug-likeness (QED) is 0.233. The number of fused-ring (bicyclic) bond motifs is 1. The summed E-state index contributed by atoms with van der Waals surface area (Å²) in [6.45, 7) is 8.45. The molecule has 4 rings (SSSR count). The maximum atomic E-state index is 6.89. The van der Waals surface area contributed by atoms with E-state index >= 15 is 0 Å². The average Bonchev–Trinajstić information content (AvgIpc) is 3.15. The lowest BCUT2D eigenvalue weighted by Crippen LogP contribution is -2.26. The van der Waals surface area contributed by atoms with E-state index in [0.29, 0.717) is 0 Å².